The number of carbonyl (C=O) groups is 1. The Morgan fingerprint density at radius 1 is 1.05 bits per heavy atom. The van der Waals surface area contributed by atoms with E-state index in [0.29, 0.717) is 18.1 Å². The van der Waals surface area contributed by atoms with Gasteiger partial charge in [0.15, 0.2) is 0 Å². The average molecular weight is 280 g/mol. The Balaban J connectivity index is 1.50. The quantitative estimate of drug-likeness (QED) is 0.788. The van der Waals surface area contributed by atoms with Crippen LogP contribution in [-0.2, 0) is 9.53 Å². The summed E-state index contributed by atoms with van der Waals surface area (Å²) in [7, 11) is 1.82. The van der Waals surface area contributed by atoms with Crippen molar-refractivity contribution in [2.45, 2.75) is 57.1 Å². The lowest BCUT2D eigenvalue weighted by atomic mass is 10.0. The SMILES string of the molecule is COC1CCN(C2CCC(=O)N(CC3CC3)CC2)CC1. The molecule has 0 spiro atoms. The second-order valence-electron chi connectivity index (χ2n) is 6.74. The Labute approximate surface area is 122 Å². The predicted molar refractivity (Wildman–Crippen MR) is 78.5 cm³/mol. The molecule has 0 bridgehead atoms. The third-order valence-electron chi connectivity index (χ3n) is 5.28. The highest BCUT2D eigenvalue weighted by Gasteiger charge is 2.31. The van der Waals surface area contributed by atoms with Gasteiger partial charge in [-0.2, -0.15) is 0 Å². The van der Waals surface area contributed by atoms with Crippen LogP contribution in [0.3, 0.4) is 0 Å². The third kappa shape index (κ3) is 3.53. The molecular formula is C16H28N2O2. The fourth-order valence-electron chi connectivity index (χ4n) is 3.67. The lowest BCUT2D eigenvalue weighted by molar-refractivity contribution is -0.130. The van der Waals surface area contributed by atoms with Gasteiger partial charge in [-0.15, -0.1) is 0 Å². The fraction of sp³-hybridized carbons (Fsp3) is 0.938. The maximum atomic E-state index is 12.2. The molecule has 2 heterocycles. The first-order chi connectivity index (χ1) is 9.76. The van der Waals surface area contributed by atoms with Gasteiger partial charge >= 0.3 is 0 Å². The Kier molecular flexibility index (Phi) is 4.61. The second kappa shape index (κ2) is 6.44. The van der Waals surface area contributed by atoms with E-state index in [9.17, 15) is 4.79 Å². The minimum atomic E-state index is 0.395. The number of hydrogen-bond acceptors (Lipinski definition) is 3. The molecule has 1 saturated carbocycles. The number of ether oxygens (including phenoxy) is 1. The molecule has 0 N–H and O–H groups in total. The largest absolute Gasteiger partial charge is 0.381 e. The summed E-state index contributed by atoms with van der Waals surface area (Å²) in [6, 6.07) is 0.612. The predicted octanol–water partition coefficient (Wildman–Crippen LogP) is 1.89. The van der Waals surface area contributed by atoms with Crippen molar-refractivity contribution in [1.29, 1.82) is 0 Å². The summed E-state index contributed by atoms with van der Waals surface area (Å²) in [5.41, 5.74) is 0. The summed E-state index contributed by atoms with van der Waals surface area (Å²) < 4.78 is 5.45. The van der Waals surface area contributed by atoms with Gasteiger partial charge in [0.25, 0.3) is 0 Å². The first-order valence-electron chi connectivity index (χ1n) is 8.31. The first kappa shape index (κ1) is 14.3. The lowest BCUT2D eigenvalue weighted by Crippen LogP contribution is -2.43. The van der Waals surface area contributed by atoms with Crippen molar-refractivity contribution >= 4 is 5.91 Å². The van der Waals surface area contributed by atoms with Crippen LogP contribution >= 0.6 is 0 Å². The minimum absolute atomic E-state index is 0.395. The maximum Gasteiger partial charge on any atom is 0.222 e. The molecule has 1 amide bonds. The highest BCUT2D eigenvalue weighted by molar-refractivity contribution is 5.76. The Hall–Kier alpha value is -0.610. The van der Waals surface area contributed by atoms with Crippen molar-refractivity contribution < 1.29 is 9.53 Å². The van der Waals surface area contributed by atoms with Gasteiger partial charge in [0.1, 0.15) is 0 Å². The van der Waals surface area contributed by atoms with Crippen LogP contribution in [-0.4, -0.2) is 61.1 Å². The lowest BCUT2D eigenvalue weighted by Gasteiger charge is -2.36. The molecule has 2 aliphatic heterocycles. The molecule has 2 saturated heterocycles. The number of methoxy groups -OCH3 is 1. The molecule has 4 heteroatoms. The summed E-state index contributed by atoms with van der Waals surface area (Å²) in [6.45, 7) is 4.28. The van der Waals surface area contributed by atoms with Gasteiger partial charge < -0.3 is 14.5 Å². The molecule has 0 aromatic carbocycles. The summed E-state index contributed by atoms with van der Waals surface area (Å²) >= 11 is 0. The minimum Gasteiger partial charge on any atom is -0.381 e. The summed E-state index contributed by atoms with van der Waals surface area (Å²) in [5.74, 6) is 1.21. The van der Waals surface area contributed by atoms with Crippen molar-refractivity contribution in [2.75, 3.05) is 33.3 Å². The van der Waals surface area contributed by atoms with Crippen LogP contribution in [0.2, 0.25) is 0 Å². The molecule has 3 fully saturated rings. The van der Waals surface area contributed by atoms with Gasteiger partial charge in [-0.05, 0) is 44.4 Å². The summed E-state index contributed by atoms with van der Waals surface area (Å²) in [4.78, 5) is 16.9. The number of nitrogens with zero attached hydrogens (tertiary/aromatic N) is 2. The zero-order valence-corrected chi connectivity index (χ0v) is 12.7. The molecule has 1 atom stereocenters. The van der Waals surface area contributed by atoms with Gasteiger partial charge in [0, 0.05) is 45.8 Å². The number of rotatable bonds is 4. The molecule has 4 nitrogen and oxygen atoms in total. The van der Waals surface area contributed by atoms with E-state index < -0.39 is 0 Å². The van der Waals surface area contributed by atoms with Crippen LogP contribution in [0.1, 0.15) is 44.9 Å². The van der Waals surface area contributed by atoms with E-state index in [-0.39, 0.29) is 0 Å². The van der Waals surface area contributed by atoms with E-state index in [0.717, 1.165) is 64.2 Å². The molecular weight excluding hydrogens is 252 g/mol. The molecule has 1 aliphatic carbocycles. The number of piperidine rings is 1. The van der Waals surface area contributed by atoms with Crippen LogP contribution in [0.4, 0.5) is 0 Å². The van der Waals surface area contributed by atoms with Gasteiger partial charge in [-0.25, -0.2) is 0 Å². The van der Waals surface area contributed by atoms with Crippen LogP contribution < -0.4 is 0 Å². The van der Waals surface area contributed by atoms with Gasteiger partial charge in [0.05, 0.1) is 6.10 Å². The average Bonchev–Trinajstić information content (AvgIpc) is 3.30. The molecule has 20 heavy (non-hydrogen) atoms. The normalized spacial score (nSPS) is 30.6. The van der Waals surface area contributed by atoms with Crippen LogP contribution in [0.15, 0.2) is 0 Å². The monoisotopic (exact) mass is 280 g/mol. The molecule has 3 rings (SSSR count). The molecule has 0 aromatic heterocycles. The maximum absolute atomic E-state index is 12.2. The molecule has 1 unspecified atom stereocenters. The topological polar surface area (TPSA) is 32.8 Å². The van der Waals surface area contributed by atoms with Crippen LogP contribution in [0.25, 0.3) is 0 Å². The molecule has 0 aromatic rings. The molecule has 114 valence electrons. The molecule has 3 aliphatic rings. The summed E-state index contributed by atoms with van der Waals surface area (Å²) in [5, 5.41) is 0. The van der Waals surface area contributed by atoms with E-state index in [1.165, 1.54) is 12.8 Å². The van der Waals surface area contributed by atoms with Gasteiger partial charge in [-0.1, -0.05) is 0 Å². The number of amides is 1. The van der Waals surface area contributed by atoms with Crippen molar-refractivity contribution in [3.8, 4) is 0 Å². The van der Waals surface area contributed by atoms with Crippen molar-refractivity contribution in [3.63, 3.8) is 0 Å². The summed E-state index contributed by atoms with van der Waals surface area (Å²) in [6.07, 6.45) is 8.37. The Morgan fingerprint density at radius 2 is 1.80 bits per heavy atom. The van der Waals surface area contributed by atoms with E-state index in [1.807, 2.05) is 7.11 Å². The van der Waals surface area contributed by atoms with E-state index in [1.54, 1.807) is 0 Å². The van der Waals surface area contributed by atoms with Crippen molar-refractivity contribution in [2.24, 2.45) is 5.92 Å². The number of likely N-dealkylation sites (tertiary alicyclic amines) is 2. The number of hydrogen-bond donors (Lipinski definition) is 0. The number of carbonyl (C=O) groups excluding carboxylic acids is 1. The van der Waals surface area contributed by atoms with Gasteiger partial charge in [-0.3, -0.25) is 4.79 Å². The Morgan fingerprint density at radius 3 is 2.45 bits per heavy atom. The fourth-order valence-corrected chi connectivity index (χ4v) is 3.67. The Bertz CT molecular complexity index is 335. The van der Waals surface area contributed by atoms with E-state index in [4.69, 9.17) is 4.74 Å². The van der Waals surface area contributed by atoms with E-state index >= 15 is 0 Å². The smallest absolute Gasteiger partial charge is 0.222 e. The standard InChI is InChI=1S/C16H28N2O2/c1-20-15-7-10-17(11-8-15)14-4-5-16(19)18(9-6-14)12-13-2-3-13/h13-15H,2-12H2,1H3. The zero-order valence-electron chi connectivity index (χ0n) is 12.7. The first-order valence-corrected chi connectivity index (χ1v) is 8.31. The molecule has 0 radical (unpaired) electrons. The van der Waals surface area contributed by atoms with E-state index in [2.05, 4.69) is 9.80 Å². The van der Waals surface area contributed by atoms with Gasteiger partial charge in [0.2, 0.25) is 5.91 Å². The highest BCUT2D eigenvalue weighted by atomic mass is 16.5. The van der Waals surface area contributed by atoms with Crippen molar-refractivity contribution in [3.05, 3.63) is 0 Å². The third-order valence-corrected chi connectivity index (χ3v) is 5.28. The second-order valence-corrected chi connectivity index (χ2v) is 6.74. The van der Waals surface area contributed by atoms with Crippen LogP contribution in [0, 0.1) is 5.92 Å². The highest BCUT2D eigenvalue weighted by Crippen LogP contribution is 2.31. The van der Waals surface area contributed by atoms with Crippen molar-refractivity contribution in [1.82, 2.24) is 9.80 Å². The van der Waals surface area contributed by atoms with Crippen LogP contribution in [0.5, 0.6) is 0 Å². The zero-order chi connectivity index (χ0) is 13.9.